The summed E-state index contributed by atoms with van der Waals surface area (Å²) >= 11 is 0. The summed E-state index contributed by atoms with van der Waals surface area (Å²) in [5.41, 5.74) is 2.30. The van der Waals surface area contributed by atoms with Crippen LogP contribution in [-0.4, -0.2) is 51.2 Å². The number of imide groups is 1. The zero-order valence-corrected chi connectivity index (χ0v) is 17.0. The SMILES string of the molecule is COc1cccc(CN(C)CC(=O)NC(=O)NCCC2=CCCCC2)c1OC. The zero-order chi connectivity index (χ0) is 20.4. The van der Waals surface area contributed by atoms with Crippen molar-refractivity contribution < 1.29 is 19.1 Å². The first kappa shape index (κ1) is 21.8. The highest BCUT2D eigenvalue weighted by molar-refractivity contribution is 5.95. The summed E-state index contributed by atoms with van der Waals surface area (Å²) in [5.74, 6) is 0.941. The lowest BCUT2D eigenvalue weighted by Crippen LogP contribution is -2.44. The van der Waals surface area contributed by atoms with Crippen molar-refractivity contribution in [2.45, 2.75) is 38.6 Å². The van der Waals surface area contributed by atoms with Gasteiger partial charge in [0.15, 0.2) is 11.5 Å². The van der Waals surface area contributed by atoms with Crippen molar-refractivity contribution in [3.05, 3.63) is 35.4 Å². The minimum Gasteiger partial charge on any atom is -0.493 e. The van der Waals surface area contributed by atoms with Gasteiger partial charge in [0, 0.05) is 18.7 Å². The first-order valence-corrected chi connectivity index (χ1v) is 9.67. The van der Waals surface area contributed by atoms with Crippen LogP contribution in [0.15, 0.2) is 29.8 Å². The molecule has 1 aromatic rings. The van der Waals surface area contributed by atoms with E-state index in [1.54, 1.807) is 14.2 Å². The summed E-state index contributed by atoms with van der Waals surface area (Å²) in [4.78, 5) is 25.8. The molecule has 0 saturated carbocycles. The van der Waals surface area contributed by atoms with Crippen molar-refractivity contribution >= 4 is 11.9 Å². The second-order valence-corrected chi connectivity index (χ2v) is 6.99. The molecule has 28 heavy (non-hydrogen) atoms. The average molecular weight is 389 g/mol. The molecular formula is C21H31N3O4. The molecule has 0 bridgehead atoms. The number of carbonyl (C=O) groups is 2. The van der Waals surface area contributed by atoms with Gasteiger partial charge in [0.1, 0.15) is 0 Å². The van der Waals surface area contributed by atoms with Gasteiger partial charge in [0.25, 0.3) is 0 Å². The van der Waals surface area contributed by atoms with Gasteiger partial charge >= 0.3 is 6.03 Å². The maximum absolute atomic E-state index is 12.1. The van der Waals surface area contributed by atoms with E-state index >= 15 is 0 Å². The van der Waals surface area contributed by atoms with Crippen LogP contribution in [0.4, 0.5) is 4.79 Å². The van der Waals surface area contributed by atoms with Crippen molar-refractivity contribution in [2.75, 3.05) is 34.4 Å². The maximum atomic E-state index is 12.1. The molecule has 0 heterocycles. The summed E-state index contributed by atoms with van der Waals surface area (Å²) in [6.07, 6.45) is 7.82. The molecule has 1 aromatic carbocycles. The van der Waals surface area contributed by atoms with Gasteiger partial charge in [-0.1, -0.05) is 23.8 Å². The summed E-state index contributed by atoms with van der Waals surface area (Å²) in [5, 5.41) is 5.13. The van der Waals surface area contributed by atoms with Crippen LogP contribution in [0.5, 0.6) is 11.5 Å². The first-order valence-electron chi connectivity index (χ1n) is 9.67. The third-order valence-electron chi connectivity index (χ3n) is 4.71. The van der Waals surface area contributed by atoms with Crippen LogP contribution >= 0.6 is 0 Å². The average Bonchev–Trinajstić information content (AvgIpc) is 2.68. The Morgan fingerprint density at radius 3 is 2.68 bits per heavy atom. The van der Waals surface area contributed by atoms with Gasteiger partial charge in [-0.25, -0.2) is 4.79 Å². The van der Waals surface area contributed by atoms with Crippen LogP contribution in [0, 0.1) is 0 Å². The molecule has 7 nitrogen and oxygen atoms in total. The van der Waals surface area contributed by atoms with E-state index in [0.29, 0.717) is 24.6 Å². The van der Waals surface area contributed by atoms with Crippen molar-refractivity contribution in [1.29, 1.82) is 0 Å². The molecule has 0 aliphatic heterocycles. The van der Waals surface area contributed by atoms with E-state index in [4.69, 9.17) is 9.47 Å². The molecule has 0 atom stereocenters. The zero-order valence-electron chi connectivity index (χ0n) is 17.0. The van der Waals surface area contributed by atoms with Crippen molar-refractivity contribution in [3.8, 4) is 11.5 Å². The molecule has 7 heteroatoms. The number of benzene rings is 1. The van der Waals surface area contributed by atoms with E-state index in [2.05, 4.69) is 16.7 Å². The number of ether oxygens (including phenoxy) is 2. The van der Waals surface area contributed by atoms with E-state index in [1.165, 1.54) is 18.4 Å². The Labute approximate surface area is 167 Å². The number of nitrogens with zero attached hydrogens (tertiary/aromatic N) is 1. The van der Waals surface area contributed by atoms with Crippen LogP contribution in [0.2, 0.25) is 0 Å². The maximum Gasteiger partial charge on any atom is 0.321 e. The lowest BCUT2D eigenvalue weighted by molar-refractivity contribution is -0.120. The van der Waals surface area contributed by atoms with E-state index in [0.717, 1.165) is 24.8 Å². The highest BCUT2D eigenvalue weighted by atomic mass is 16.5. The Morgan fingerprint density at radius 2 is 2.00 bits per heavy atom. The highest BCUT2D eigenvalue weighted by Crippen LogP contribution is 2.31. The summed E-state index contributed by atoms with van der Waals surface area (Å²) < 4.78 is 10.7. The summed E-state index contributed by atoms with van der Waals surface area (Å²) in [7, 11) is 4.98. The predicted octanol–water partition coefficient (Wildman–Crippen LogP) is 2.85. The first-order chi connectivity index (χ1) is 13.5. The minimum atomic E-state index is -0.450. The van der Waals surface area contributed by atoms with Gasteiger partial charge in [-0.2, -0.15) is 0 Å². The molecule has 2 rings (SSSR count). The molecule has 0 aromatic heterocycles. The van der Waals surface area contributed by atoms with Crippen LogP contribution in [0.25, 0.3) is 0 Å². The lowest BCUT2D eigenvalue weighted by Gasteiger charge is -2.19. The number of nitrogens with one attached hydrogen (secondary N) is 2. The van der Waals surface area contributed by atoms with Crippen molar-refractivity contribution in [3.63, 3.8) is 0 Å². The fraction of sp³-hybridized carbons (Fsp3) is 0.524. The largest absolute Gasteiger partial charge is 0.493 e. The van der Waals surface area contributed by atoms with Gasteiger partial charge in [-0.3, -0.25) is 15.0 Å². The van der Waals surface area contributed by atoms with E-state index < -0.39 is 6.03 Å². The molecule has 0 unspecified atom stereocenters. The molecule has 0 spiro atoms. The smallest absolute Gasteiger partial charge is 0.321 e. The minimum absolute atomic E-state index is 0.0962. The number of rotatable bonds is 9. The van der Waals surface area contributed by atoms with Crippen molar-refractivity contribution in [2.24, 2.45) is 0 Å². The Hall–Kier alpha value is -2.54. The number of likely N-dealkylation sites (N-methyl/N-ethyl adjacent to an activating group) is 1. The molecule has 2 N–H and O–H groups in total. The summed E-state index contributed by atoms with van der Waals surface area (Å²) in [6.45, 7) is 1.13. The van der Waals surface area contributed by atoms with Crippen LogP contribution in [0.1, 0.15) is 37.7 Å². The van der Waals surface area contributed by atoms with E-state index in [1.807, 2.05) is 30.1 Å². The standard InChI is InChI=1S/C21H31N3O4/c1-24(14-17-10-7-11-18(27-2)20(17)28-3)15-19(25)23-21(26)22-13-12-16-8-5-4-6-9-16/h7-8,10-11H,4-6,9,12-15H2,1-3H3,(H2,22,23,25,26). The van der Waals surface area contributed by atoms with E-state index in [-0.39, 0.29) is 12.5 Å². The molecule has 0 fully saturated rings. The summed E-state index contributed by atoms with van der Waals surface area (Å²) in [6, 6.07) is 5.17. The monoisotopic (exact) mass is 389 g/mol. The molecule has 1 aliphatic carbocycles. The number of hydrogen-bond donors (Lipinski definition) is 2. The quantitative estimate of drug-likeness (QED) is 0.635. The van der Waals surface area contributed by atoms with Crippen LogP contribution in [0.3, 0.4) is 0 Å². The van der Waals surface area contributed by atoms with Gasteiger partial charge in [-0.05, 0) is 45.2 Å². The Kier molecular flexibility index (Phi) is 8.81. The lowest BCUT2D eigenvalue weighted by atomic mass is 9.97. The fourth-order valence-corrected chi connectivity index (χ4v) is 3.35. The Balaban J connectivity index is 1.74. The second-order valence-electron chi connectivity index (χ2n) is 6.99. The van der Waals surface area contributed by atoms with Crippen LogP contribution < -0.4 is 20.1 Å². The Bertz CT molecular complexity index is 703. The number of carbonyl (C=O) groups excluding carboxylic acids is 2. The number of methoxy groups -OCH3 is 2. The highest BCUT2D eigenvalue weighted by Gasteiger charge is 2.15. The topological polar surface area (TPSA) is 79.9 Å². The van der Waals surface area contributed by atoms with Gasteiger partial charge in [0.2, 0.25) is 5.91 Å². The van der Waals surface area contributed by atoms with E-state index in [9.17, 15) is 9.59 Å². The third-order valence-corrected chi connectivity index (χ3v) is 4.71. The van der Waals surface area contributed by atoms with Gasteiger partial charge in [0.05, 0.1) is 20.8 Å². The molecule has 0 radical (unpaired) electrons. The van der Waals surface area contributed by atoms with Crippen LogP contribution in [-0.2, 0) is 11.3 Å². The second kappa shape index (κ2) is 11.3. The predicted molar refractivity (Wildman–Crippen MR) is 109 cm³/mol. The molecular weight excluding hydrogens is 358 g/mol. The number of para-hydroxylation sites is 1. The van der Waals surface area contributed by atoms with Gasteiger partial charge in [-0.15, -0.1) is 0 Å². The fourth-order valence-electron chi connectivity index (χ4n) is 3.35. The number of amides is 3. The Morgan fingerprint density at radius 1 is 1.18 bits per heavy atom. The normalized spacial score (nSPS) is 13.6. The number of hydrogen-bond acceptors (Lipinski definition) is 5. The molecule has 0 saturated heterocycles. The molecule has 1 aliphatic rings. The molecule has 154 valence electrons. The number of urea groups is 1. The number of allylic oxidation sites excluding steroid dienone is 1. The third kappa shape index (κ3) is 6.88. The molecule has 3 amide bonds. The van der Waals surface area contributed by atoms with Crippen molar-refractivity contribution in [1.82, 2.24) is 15.5 Å². The van der Waals surface area contributed by atoms with Gasteiger partial charge < -0.3 is 14.8 Å².